The third-order valence-corrected chi connectivity index (χ3v) is 10.7. The van der Waals surface area contributed by atoms with Gasteiger partial charge in [-0.15, -0.1) is 0 Å². The number of nitrogens with zero attached hydrogens (tertiary/aromatic N) is 5. The molecule has 47 heavy (non-hydrogen) atoms. The minimum atomic E-state index is -4.02. The molecule has 1 N–H and O–H groups in total. The highest BCUT2D eigenvalue weighted by Gasteiger charge is 2.47. The first kappa shape index (κ1) is 32.9. The summed E-state index contributed by atoms with van der Waals surface area (Å²) in [7, 11) is -2.50. The van der Waals surface area contributed by atoms with E-state index in [1.54, 1.807) is 29.3 Å². The fourth-order valence-corrected chi connectivity index (χ4v) is 7.93. The number of benzene rings is 2. The van der Waals surface area contributed by atoms with Gasteiger partial charge in [-0.2, -0.15) is 18.0 Å². The summed E-state index contributed by atoms with van der Waals surface area (Å²) < 4.78 is 61.4. The highest BCUT2D eigenvalue weighted by atomic mass is 32.2. The second-order valence-corrected chi connectivity index (χ2v) is 15.3. The van der Waals surface area contributed by atoms with Crippen molar-refractivity contribution in [1.82, 2.24) is 19.2 Å². The summed E-state index contributed by atoms with van der Waals surface area (Å²) in [6.45, 7) is 7.37. The van der Waals surface area contributed by atoms with Crippen LogP contribution in [0.4, 0.5) is 14.9 Å². The third-order valence-electron chi connectivity index (χ3n) is 9.25. The summed E-state index contributed by atoms with van der Waals surface area (Å²) in [6, 6.07) is 9.08. The van der Waals surface area contributed by atoms with E-state index in [-0.39, 0.29) is 53.6 Å². The van der Waals surface area contributed by atoms with E-state index in [1.807, 2.05) is 26.8 Å². The number of piperidine rings is 1. The molecule has 6 rings (SSSR count). The summed E-state index contributed by atoms with van der Waals surface area (Å²) in [5.74, 6) is -0.762. The van der Waals surface area contributed by atoms with Crippen LogP contribution in [0.15, 0.2) is 36.5 Å². The average Bonchev–Trinajstić information content (AvgIpc) is 3.51. The molecule has 1 saturated carbocycles. The number of ether oxygens (including phenoxy) is 3. The van der Waals surface area contributed by atoms with Crippen LogP contribution in [0, 0.1) is 22.6 Å². The van der Waals surface area contributed by atoms with Gasteiger partial charge in [0.1, 0.15) is 23.0 Å². The lowest BCUT2D eigenvalue weighted by Gasteiger charge is -2.52. The number of fused-ring (bicyclic) bond motifs is 1. The molecule has 1 atom stereocenters. The Labute approximate surface area is 274 Å². The van der Waals surface area contributed by atoms with Gasteiger partial charge in [-0.05, 0) is 82.6 Å². The number of hydrogen-bond donors (Lipinski definition) is 1. The zero-order valence-electron chi connectivity index (χ0n) is 27.0. The SMILES string of the molecule is CO[C@H]1CCN(S(=O)(=O)Nc2ccc(F)c(Oc3ccc4ncc(C5CC6(CCN(C(=O)OC(C)(C)C)CC6)C5)nc4c3)c2C#N)C1. The van der Waals surface area contributed by atoms with E-state index in [2.05, 4.69) is 9.71 Å². The van der Waals surface area contributed by atoms with Gasteiger partial charge in [0.25, 0.3) is 0 Å². The first-order valence-electron chi connectivity index (χ1n) is 15.7. The number of likely N-dealkylation sites (tertiary alicyclic amines) is 1. The lowest BCUT2D eigenvalue weighted by molar-refractivity contribution is -0.0126. The Hall–Kier alpha value is -4.06. The van der Waals surface area contributed by atoms with Crippen LogP contribution >= 0.6 is 0 Å². The highest BCUT2D eigenvalue weighted by Crippen LogP contribution is 2.56. The van der Waals surface area contributed by atoms with Gasteiger partial charge >= 0.3 is 16.3 Å². The number of amides is 1. The number of carbonyl (C=O) groups is 1. The summed E-state index contributed by atoms with van der Waals surface area (Å²) in [5.41, 5.74) is 1.31. The molecule has 1 aliphatic carbocycles. The predicted molar refractivity (Wildman–Crippen MR) is 172 cm³/mol. The smallest absolute Gasteiger partial charge is 0.410 e. The molecular formula is C33H39FN6O6S. The number of anilines is 1. The Balaban J connectivity index is 1.14. The van der Waals surface area contributed by atoms with Gasteiger partial charge in [-0.3, -0.25) is 9.71 Å². The van der Waals surface area contributed by atoms with E-state index in [1.165, 1.54) is 17.5 Å². The van der Waals surface area contributed by atoms with Crippen molar-refractivity contribution in [3.63, 3.8) is 0 Å². The zero-order valence-corrected chi connectivity index (χ0v) is 27.8. The molecule has 1 amide bonds. The monoisotopic (exact) mass is 666 g/mol. The maximum Gasteiger partial charge on any atom is 0.410 e. The topological polar surface area (TPSA) is 147 Å². The van der Waals surface area contributed by atoms with Crippen molar-refractivity contribution in [1.29, 1.82) is 5.26 Å². The van der Waals surface area contributed by atoms with Crippen molar-refractivity contribution in [3.05, 3.63) is 53.6 Å². The quantitative estimate of drug-likeness (QED) is 0.335. The van der Waals surface area contributed by atoms with Gasteiger partial charge in [0.2, 0.25) is 0 Å². The van der Waals surface area contributed by atoms with E-state index < -0.39 is 27.4 Å². The number of carbonyl (C=O) groups excluding carboxylic acids is 1. The van der Waals surface area contributed by atoms with E-state index in [9.17, 15) is 18.5 Å². The Morgan fingerprint density at radius 2 is 1.87 bits per heavy atom. The molecule has 1 spiro atoms. The molecule has 3 heterocycles. The second-order valence-electron chi connectivity index (χ2n) is 13.6. The number of methoxy groups -OCH3 is 1. The Morgan fingerprint density at radius 1 is 1.13 bits per heavy atom. The van der Waals surface area contributed by atoms with Crippen molar-refractivity contribution in [2.75, 3.05) is 38.0 Å². The molecule has 250 valence electrons. The lowest BCUT2D eigenvalue weighted by Crippen LogP contribution is -2.49. The second kappa shape index (κ2) is 12.5. The number of halogens is 1. The van der Waals surface area contributed by atoms with E-state index in [4.69, 9.17) is 19.2 Å². The largest absolute Gasteiger partial charge is 0.453 e. The van der Waals surface area contributed by atoms with Gasteiger partial charge in [0.15, 0.2) is 11.6 Å². The summed E-state index contributed by atoms with van der Waals surface area (Å²) in [6.07, 6.45) is 5.57. The van der Waals surface area contributed by atoms with Crippen LogP contribution < -0.4 is 9.46 Å². The number of nitrogens with one attached hydrogen (secondary N) is 1. The molecule has 12 nitrogen and oxygen atoms in total. The molecule has 2 aliphatic heterocycles. The molecule has 2 saturated heterocycles. The van der Waals surface area contributed by atoms with Crippen LogP contribution in [0.25, 0.3) is 11.0 Å². The van der Waals surface area contributed by atoms with Crippen LogP contribution in [-0.4, -0.2) is 78.7 Å². The molecule has 3 aromatic rings. The summed E-state index contributed by atoms with van der Waals surface area (Å²) >= 11 is 0. The van der Waals surface area contributed by atoms with Gasteiger partial charge in [0, 0.05) is 51.5 Å². The first-order valence-corrected chi connectivity index (χ1v) is 17.2. The van der Waals surface area contributed by atoms with Crippen molar-refractivity contribution < 1.29 is 31.8 Å². The molecule has 0 bridgehead atoms. The Morgan fingerprint density at radius 3 is 2.53 bits per heavy atom. The van der Waals surface area contributed by atoms with Gasteiger partial charge in [-0.1, -0.05) is 0 Å². The Bertz CT molecular complexity index is 1830. The number of hydrogen-bond acceptors (Lipinski definition) is 9. The van der Waals surface area contributed by atoms with Crippen LogP contribution in [-0.2, 0) is 19.7 Å². The number of rotatable bonds is 7. The molecule has 3 aliphatic rings. The Kier molecular flexibility index (Phi) is 8.75. The van der Waals surface area contributed by atoms with Crippen molar-refractivity contribution in [2.24, 2.45) is 5.41 Å². The lowest BCUT2D eigenvalue weighted by atomic mass is 9.57. The molecule has 0 radical (unpaired) electrons. The third kappa shape index (κ3) is 6.97. The molecular weight excluding hydrogens is 627 g/mol. The van der Waals surface area contributed by atoms with E-state index in [0.717, 1.165) is 37.4 Å². The van der Waals surface area contributed by atoms with Crippen LogP contribution in [0.2, 0.25) is 0 Å². The minimum Gasteiger partial charge on any atom is -0.453 e. The number of aromatic nitrogens is 2. The minimum absolute atomic E-state index is 0.0940. The van der Waals surface area contributed by atoms with Crippen LogP contribution in [0.5, 0.6) is 11.5 Å². The standard InChI is InChI=1S/C33H39FN6O6S/c1-32(2,3)46-31(41)39-13-10-33(11-14-39)16-21(17-33)29-19-36-27-7-5-22(15-28(27)37-29)45-30-24(18-35)26(8-6-25(30)34)38-47(42,43)40-12-9-23(20-40)44-4/h5-8,15,19,21,23,38H,9-14,16-17,20H2,1-4H3/t23-/m0/s1. The number of nitriles is 1. The molecule has 3 fully saturated rings. The van der Waals surface area contributed by atoms with Gasteiger partial charge in [0.05, 0.1) is 28.5 Å². The normalized spacial score (nSPS) is 20.2. The van der Waals surface area contributed by atoms with Crippen molar-refractivity contribution >= 4 is 33.0 Å². The van der Waals surface area contributed by atoms with Crippen molar-refractivity contribution in [2.45, 2.75) is 70.5 Å². The summed E-state index contributed by atoms with van der Waals surface area (Å²) in [5, 5.41) is 9.93. The van der Waals surface area contributed by atoms with Gasteiger partial charge < -0.3 is 19.1 Å². The maximum absolute atomic E-state index is 15.0. The van der Waals surface area contributed by atoms with E-state index >= 15 is 4.39 Å². The highest BCUT2D eigenvalue weighted by molar-refractivity contribution is 7.90. The maximum atomic E-state index is 15.0. The fraction of sp³-hybridized carbons (Fsp3) is 0.515. The molecule has 14 heteroatoms. The molecule has 1 aromatic heterocycles. The molecule has 2 aromatic carbocycles. The molecule has 0 unspecified atom stereocenters. The van der Waals surface area contributed by atoms with E-state index in [0.29, 0.717) is 30.5 Å². The van der Waals surface area contributed by atoms with Crippen LogP contribution in [0.3, 0.4) is 0 Å². The first-order chi connectivity index (χ1) is 22.3. The van der Waals surface area contributed by atoms with Gasteiger partial charge in [-0.25, -0.2) is 14.2 Å². The average molecular weight is 667 g/mol. The fourth-order valence-electron chi connectivity index (χ4n) is 6.64. The predicted octanol–water partition coefficient (Wildman–Crippen LogP) is 5.70. The van der Waals surface area contributed by atoms with Crippen LogP contribution in [0.1, 0.15) is 70.1 Å². The zero-order chi connectivity index (χ0) is 33.6. The van der Waals surface area contributed by atoms with Crippen molar-refractivity contribution in [3.8, 4) is 17.6 Å². The summed E-state index contributed by atoms with van der Waals surface area (Å²) in [4.78, 5) is 23.7.